The predicted octanol–water partition coefficient (Wildman–Crippen LogP) is 3.30. The Kier molecular flexibility index (Phi) is 6.74. The molecule has 0 bridgehead atoms. The van der Waals surface area contributed by atoms with Crippen molar-refractivity contribution in [3.8, 4) is 0 Å². The lowest BCUT2D eigenvalue weighted by Crippen LogP contribution is -2.51. The molecule has 0 aliphatic carbocycles. The number of thiophene rings is 1. The van der Waals surface area contributed by atoms with Crippen molar-refractivity contribution in [2.24, 2.45) is 5.92 Å². The van der Waals surface area contributed by atoms with Crippen LogP contribution in [-0.4, -0.2) is 28.4 Å². The number of carbonyl (C=O) groups is 3. The van der Waals surface area contributed by atoms with E-state index in [0.717, 1.165) is 5.56 Å². The van der Waals surface area contributed by atoms with Crippen molar-refractivity contribution in [2.75, 3.05) is 0 Å². The number of carboxylic acids is 1. The molecule has 7 heteroatoms. The highest BCUT2D eigenvalue weighted by Gasteiger charge is 2.33. The maximum absolute atomic E-state index is 12.5. The molecule has 0 aliphatic heterocycles. The van der Waals surface area contributed by atoms with Crippen LogP contribution in [0.4, 0.5) is 0 Å². The van der Waals surface area contributed by atoms with E-state index >= 15 is 0 Å². The Morgan fingerprint density at radius 3 is 2.30 bits per heavy atom. The molecule has 2 aromatic rings. The van der Waals surface area contributed by atoms with Crippen LogP contribution < -0.4 is 10.6 Å². The number of benzene rings is 1. The minimum Gasteiger partial charge on any atom is -0.481 e. The third-order valence-corrected chi connectivity index (χ3v) is 5.47. The fraction of sp³-hybridized carbons (Fsp3) is 0.350. The van der Waals surface area contributed by atoms with Gasteiger partial charge in [0.1, 0.15) is 0 Å². The highest BCUT2D eigenvalue weighted by molar-refractivity contribution is 7.12. The lowest BCUT2D eigenvalue weighted by atomic mass is 9.85. The van der Waals surface area contributed by atoms with Gasteiger partial charge in [-0.3, -0.25) is 14.4 Å². The van der Waals surface area contributed by atoms with E-state index in [9.17, 15) is 14.4 Å². The monoisotopic (exact) mass is 388 g/mol. The molecule has 1 aromatic heterocycles. The van der Waals surface area contributed by atoms with E-state index in [1.54, 1.807) is 37.3 Å². The molecule has 0 spiro atoms. The van der Waals surface area contributed by atoms with Crippen molar-refractivity contribution >= 4 is 29.1 Å². The summed E-state index contributed by atoms with van der Waals surface area (Å²) < 4.78 is 0. The van der Waals surface area contributed by atoms with Gasteiger partial charge in [-0.05, 0) is 42.0 Å². The molecule has 0 radical (unpaired) electrons. The van der Waals surface area contributed by atoms with Crippen LogP contribution in [0.3, 0.4) is 0 Å². The summed E-state index contributed by atoms with van der Waals surface area (Å²) in [5, 5.41) is 16.6. The normalized spacial score (nSPS) is 13.0. The molecule has 0 aliphatic rings. The first kappa shape index (κ1) is 20.6. The van der Waals surface area contributed by atoms with Crippen molar-refractivity contribution in [2.45, 2.75) is 39.3 Å². The Hall–Kier alpha value is -2.67. The van der Waals surface area contributed by atoms with Gasteiger partial charge in [0.2, 0.25) is 0 Å². The van der Waals surface area contributed by atoms with Gasteiger partial charge in [0.25, 0.3) is 11.8 Å². The quantitative estimate of drug-likeness (QED) is 0.647. The highest BCUT2D eigenvalue weighted by Crippen LogP contribution is 2.21. The van der Waals surface area contributed by atoms with E-state index in [1.165, 1.54) is 11.3 Å². The first-order valence-electron chi connectivity index (χ1n) is 8.66. The number of rotatable bonds is 8. The summed E-state index contributed by atoms with van der Waals surface area (Å²) in [4.78, 5) is 36.2. The minimum atomic E-state index is -0.955. The number of hydrogen-bond donors (Lipinski definition) is 3. The Balaban J connectivity index is 1.98. The van der Waals surface area contributed by atoms with Gasteiger partial charge in [0.15, 0.2) is 0 Å². The number of hydrogen-bond acceptors (Lipinski definition) is 4. The lowest BCUT2D eigenvalue weighted by Gasteiger charge is -2.33. The average molecular weight is 388 g/mol. The van der Waals surface area contributed by atoms with Crippen LogP contribution in [0.2, 0.25) is 0 Å². The highest BCUT2D eigenvalue weighted by atomic mass is 32.1. The van der Waals surface area contributed by atoms with Crippen molar-refractivity contribution in [1.82, 2.24) is 10.6 Å². The summed E-state index contributed by atoms with van der Waals surface area (Å²) in [5.74, 6) is -1.44. The van der Waals surface area contributed by atoms with E-state index in [0.29, 0.717) is 17.0 Å². The zero-order valence-corrected chi connectivity index (χ0v) is 16.4. The average Bonchev–Trinajstić information content (AvgIpc) is 3.14. The predicted molar refractivity (Wildman–Crippen MR) is 105 cm³/mol. The smallest absolute Gasteiger partial charge is 0.305 e. The van der Waals surface area contributed by atoms with Gasteiger partial charge in [-0.1, -0.05) is 32.0 Å². The summed E-state index contributed by atoms with van der Waals surface area (Å²) in [6.45, 7) is 5.85. The zero-order valence-electron chi connectivity index (χ0n) is 15.6. The van der Waals surface area contributed by atoms with E-state index in [-0.39, 0.29) is 24.2 Å². The van der Waals surface area contributed by atoms with E-state index < -0.39 is 11.5 Å². The number of nitrogens with one attached hydrogen (secondary N) is 2. The molecule has 0 saturated heterocycles. The van der Waals surface area contributed by atoms with Crippen LogP contribution in [0.15, 0.2) is 41.8 Å². The SMILES string of the molecule is CC(C)C(C)(CC(=O)O)NC(=O)c1ccc(CNC(=O)c2cccs2)cc1. The third kappa shape index (κ3) is 5.65. The molecule has 2 rings (SSSR count). The first-order chi connectivity index (χ1) is 12.7. The second-order valence-electron chi connectivity index (χ2n) is 6.95. The fourth-order valence-electron chi connectivity index (χ4n) is 2.49. The first-order valence-corrected chi connectivity index (χ1v) is 9.54. The maximum Gasteiger partial charge on any atom is 0.305 e. The van der Waals surface area contributed by atoms with Crippen LogP contribution in [0, 0.1) is 5.92 Å². The van der Waals surface area contributed by atoms with E-state index in [2.05, 4.69) is 10.6 Å². The van der Waals surface area contributed by atoms with Gasteiger partial charge in [-0.2, -0.15) is 0 Å². The summed E-state index contributed by atoms with van der Waals surface area (Å²) in [6.07, 6.45) is -0.150. The second kappa shape index (κ2) is 8.81. The molecular weight excluding hydrogens is 364 g/mol. The summed E-state index contributed by atoms with van der Waals surface area (Å²) in [6, 6.07) is 10.5. The minimum absolute atomic E-state index is 0.0377. The van der Waals surface area contributed by atoms with Crippen molar-refractivity contribution in [3.63, 3.8) is 0 Å². The summed E-state index contributed by atoms with van der Waals surface area (Å²) >= 11 is 1.38. The van der Waals surface area contributed by atoms with E-state index in [4.69, 9.17) is 5.11 Å². The molecule has 144 valence electrons. The molecule has 0 fully saturated rings. The maximum atomic E-state index is 12.5. The van der Waals surface area contributed by atoms with Gasteiger partial charge in [0.05, 0.1) is 16.8 Å². The van der Waals surface area contributed by atoms with Crippen molar-refractivity contribution in [3.05, 3.63) is 57.8 Å². The molecule has 3 N–H and O–H groups in total. The number of amides is 2. The zero-order chi connectivity index (χ0) is 20.0. The molecule has 1 unspecified atom stereocenters. The van der Waals surface area contributed by atoms with E-state index in [1.807, 2.05) is 25.3 Å². The largest absolute Gasteiger partial charge is 0.481 e. The van der Waals surface area contributed by atoms with Crippen molar-refractivity contribution < 1.29 is 19.5 Å². The molecular formula is C20H24N2O4S. The lowest BCUT2D eigenvalue weighted by molar-refractivity contribution is -0.138. The summed E-state index contributed by atoms with van der Waals surface area (Å²) in [7, 11) is 0. The molecule has 1 aromatic carbocycles. The molecule has 27 heavy (non-hydrogen) atoms. The van der Waals surface area contributed by atoms with Gasteiger partial charge in [-0.25, -0.2) is 0 Å². The number of carbonyl (C=O) groups excluding carboxylic acids is 2. The van der Waals surface area contributed by atoms with Crippen LogP contribution in [0.5, 0.6) is 0 Å². The Morgan fingerprint density at radius 2 is 1.78 bits per heavy atom. The van der Waals surface area contributed by atoms with Gasteiger partial charge in [-0.15, -0.1) is 11.3 Å². The fourth-order valence-corrected chi connectivity index (χ4v) is 3.13. The Bertz CT molecular complexity index is 800. The number of aliphatic carboxylic acids is 1. The Labute approximate surface area is 162 Å². The van der Waals surface area contributed by atoms with Gasteiger partial charge in [0, 0.05) is 12.1 Å². The van der Waals surface area contributed by atoms with Crippen LogP contribution in [0.25, 0.3) is 0 Å². The second-order valence-corrected chi connectivity index (χ2v) is 7.90. The number of carboxylic acid groups (broad SMARTS) is 1. The third-order valence-electron chi connectivity index (χ3n) is 4.61. The Morgan fingerprint density at radius 1 is 1.11 bits per heavy atom. The van der Waals surface area contributed by atoms with Crippen LogP contribution >= 0.6 is 11.3 Å². The van der Waals surface area contributed by atoms with Gasteiger partial charge >= 0.3 is 5.97 Å². The summed E-state index contributed by atoms with van der Waals surface area (Å²) in [5.41, 5.74) is 0.477. The topological polar surface area (TPSA) is 95.5 Å². The molecule has 6 nitrogen and oxygen atoms in total. The molecule has 1 heterocycles. The van der Waals surface area contributed by atoms with Crippen LogP contribution in [0.1, 0.15) is 52.8 Å². The van der Waals surface area contributed by atoms with Crippen molar-refractivity contribution in [1.29, 1.82) is 0 Å². The standard InChI is InChI=1S/C20H24N2O4S/c1-13(2)20(3,11-17(23)24)22-18(25)15-8-6-14(7-9-15)12-21-19(26)16-5-4-10-27-16/h4-10,13H,11-12H2,1-3H3,(H,21,26)(H,22,25)(H,23,24). The van der Waals surface area contributed by atoms with Crippen LogP contribution in [-0.2, 0) is 11.3 Å². The molecule has 2 amide bonds. The molecule has 1 atom stereocenters. The van der Waals surface area contributed by atoms with Gasteiger partial charge < -0.3 is 15.7 Å². The molecule has 0 saturated carbocycles.